The molecule has 5 rings (SSSR count). The monoisotopic (exact) mass is 381 g/mol. The molecule has 0 bridgehead atoms. The quantitative estimate of drug-likeness (QED) is 0.587. The van der Waals surface area contributed by atoms with Crippen LogP contribution in [0.1, 0.15) is 5.56 Å². The van der Waals surface area contributed by atoms with Crippen LogP contribution < -0.4 is 9.80 Å². The van der Waals surface area contributed by atoms with Gasteiger partial charge in [-0.2, -0.15) is 10.4 Å². The molecule has 4 aromatic rings. The summed E-state index contributed by atoms with van der Waals surface area (Å²) in [6.45, 7) is 3.47. The number of aromatic nitrogens is 4. The molecule has 0 amide bonds. The van der Waals surface area contributed by atoms with Crippen LogP contribution >= 0.6 is 0 Å². The van der Waals surface area contributed by atoms with E-state index in [0.29, 0.717) is 5.56 Å². The summed E-state index contributed by atoms with van der Waals surface area (Å²) in [5.41, 5.74) is 4.86. The van der Waals surface area contributed by atoms with Gasteiger partial charge in [-0.05, 0) is 35.9 Å². The molecule has 0 aliphatic carbocycles. The third kappa shape index (κ3) is 3.25. The van der Waals surface area contributed by atoms with E-state index < -0.39 is 0 Å². The minimum atomic E-state index is 0.693. The lowest BCUT2D eigenvalue weighted by Crippen LogP contribution is -2.47. The van der Waals surface area contributed by atoms with E-state index in [9.17, 15) is 0 Å². The third-order valence-corrected chi connectivity index (χ3v) is 5.37. The van der Waals surface area contributed by atoms with Crippen LogP contribution in [0, 0.1) is 11.3 Å². The first kappa shape index (κ1) is 17.2. The zero-order valence-corrected chi connectivity index (χ0v) is 15.8. The van der Waals surface area contributed by atoms with E-state index in [4.69, 9.17) is 5.26 Å². The van der Waals surface area contributed by atoms with Gasteiger partial charge in [-0.1, -0.05) is 12.1 Å². The van der Waals surface area contributed by atoms with E-state index in [1.165, 1.54) is 0 Å². The molecular formula is C22H19N7. The lowest BCUT2D eigenvalue weighted by molar-refractivity contribution is 0.649. The SMILES string of the molecule is N#Cc1cccc(N2CCN(c3ncnc4ccc(-c5cn[nH]c5)cc34)CC2)c1. The number of anilines is 2. The second-order valence-electron chi connectivity index (χ2n) is 7.05. The molecule has 1 N–H and O–H groups in total. The Bertz CT molecular complexity index is 1190. The van der Waals surface area contributed by atoms with Gasteiger partial charge in [-0.25, -0.2) is 9.97 Å². The number of hydrogen-bond acceptors (Lipinski definition) is 6. The van der Waals surface area contributed by atoms with Crippen molar-refractivity contribution in [3.8, 4) is 17.2 Å². The largest absolute Gasteiger partial charge is 0.368 e. The van der Waals surface area contributed by atoms with E-state index in [2.05, 4.69) is 54.2 Å². The Morgan fingerprint density at radius 2 is 1.79 bits per heavy atom. The Kier molecular flexibility index (Phi) is 4.30. The minimum absolute atomic E-state index is 0.693. The van der Waals surface area contributed by atoms with Crippen molar-refractivity contribution in [3.63, 3.8) is 0 Å². The number of nitrogens with zero attached hydrogens (tertiary/aromatic N) is 6. The summed E-state index contributed by atoms with van der Waals surface area (Å²) in [5, 5.41) is 17.1. The molecule has 29 heavy (non-hydrogen) atoms. The fourth-order valence-corrected chi connectivity index (χ4v) is 3.83. The van der Waals surface area contributed by atoms with Crippen molar-refractivity contribution in [1.29, 1.82) is 5.26 Å². The maximum absolute atomic E-state index is 9.15. The van der Waals surface area contributed by atoms with Crippen molar-refractivity contribution in [2.45, 2.75) is 0 Å². The highest BCUT2D eigenvalue weighted by Crippen LogP contribution is 2.29. The van der Waals surface area contributed by atoms with Gasteiger partial charge in [0.25, 0.3) is 0 Å². The number of benzene rings is 2. The molecule has 2 aromatic heterocycles. The highest BCUT2D eigenvalue weighted by molar-refractivity contribution is 5.92. The lowest BCUT2D eigenvalue weighted by atomic mass is 10.1. The van der Waals surface area contributed by atoms with Crippen molar-refractivity contribution < 1.29 is 0 Å². The van der Waals surface area contributed by atoms with Crippen molar-refractivity contribution in [2.24, 2.45) is 0 Å². The Hall–Kier alpha value is -3.92. The predicted octanol–water partition coefficient (Wildman–Crippen LogP) is 3.22. The molecule has 1 fully saturated rings. The number of aromatic amines is 1. The van der Waals surface area contributed by atoms with Crippen LogP contribution in [0.25, 0.3) is 22.0 Å². The summed E-state index contributed by atoms with van der Waals surface area (Å²) in [6.07, 6.45) is 5.34. The van der Waals surface area contributed by atoms with Crippen LogP contribution in [0.5, 0.6) is 0 Å². The van der Waals surface area contributed by atoms with Gasteiger partial charge in [-0.3, -0.25) is 5.10 Å². The summed E-state index contributed by atoms with van der Waals surface area (Å²) < 4.78 is 0. The standard InChI is InChI=1S/C22H19N7/c23-12-16-2-1-3-19(10-16)28-6-8-29(9-7-28)22-20-11-17(18-13-26-27-14-18)4-5-21(20)24-15-25-22/h1-5,10-11,13-15H,6-9H2,(H,26,27). The molecule has 0 radical (unpaired) electrons. The zero-order valence-electron chi connectivity index (χ0n) is 15.8. The highest BCUT2D eigenvalue weighted by Gasteiger charge is 2.20. The molecule has 3 heterocycles. The number of nitriles is 1. The molecule has 0 unspecified atom stereocenters. The molecule has 1 saturated heterocycles. The number of H-pyrrole nitrogens is 1. The van der Waals surface area contributed by atoms with Gasteiger partial charge in [0, 0.05) is 49.0 Å². The maximum Gasteiger partial charge on any atom is 0.140 e. The molecule has 0 spiro atoms. The third-order valence-electron chi connectivity index (χ3n) is 5.37. The van der Waals surface area contributed by atoms with Gasteiger partial charge in [0.1, 0.15) is 12.1 Å². The lowest BCUT2D eigenvalue weighted by Gasteiger charge is -2.37. The molecule has 2 aromatic carbocycles. The molecule has 1 aliphatic rings. The number of piperazine rings is 1. The van der Waals surface area contributed by atoms with Crippen molar-refractivity contribution in [3.05, 3.63) is 66.7 Å². The zero-order chi connectivity index (χ0) is 19.6. The molecule has 0 saturated carbocycles. The number of hydrogen-bond donors (Lipinski definition) is 1. The molecule has 0 atom stereocenters. The minimum Gasteiger partial charge on any atom is -0.368 e. The Morgan fingerprint density at radius 1 is 0.931 bits per heavy atom. The van der Waals surface area contributed by atoms with Crippen LogP contribution in [0.2, 0.25) is 0 Å². The topological polar surface area (TPSA) is 84.7 Å². The van der Waals surface area contributed by atoms with Gasteiger partial charge in [0.05, 0.1) is 23.3 Å². The van der Waals surface area contributed by atoms with Gasteiger partial charge in [0.15, 0.2) is 0 Å². The average molecular weight is 381 g/mol. The van der Waals surface area contributed by atoms with Gasteiger partial charge < -0.3 is 9.80 Å². The highest BCUT2D eigenvalue weighted by atomic mass is 15.3. The van der Waals surface area contributed by atoms with E-state index in [-0.39, 0.29) is 0 Å². The molecule has 1 aliphatic heterocycles. The molecular weight excluding hydrogens is 362 g/mol. The van der Waals surface area contributed by atoms with E-state index >= 15 is 0 Å². The van der Waals surface area contributed by atoms with Crippen molar-refractivity contribution >= 4 is 22.4 Å². The molecule has 7 heteroatoms. The summed E-state index contributed by atoms with van der Waals surface area (Å²) in [6, 6.07) is 16.2. The average Bonchev–Trinajstić information content (AvgIpc) is 3.33. The second kappa shape index (κ2) is 7.24. The van der Waals surface area contributed by atoms with Crippen LogP contribution in [0.15, 0.2) is 61.2 Å². The van der Waals surface area contributed by atoms with Gasteiger partial charge in [-0.15, -0.1) is 0 Å². The van der Waals surface area contributed by atoms with E-state index in [1.54, 1.807) is 6.33 Å². The van der Waals surface area contributed by atoms with Crippen LogP contribution in [0.4, 0.5) is 11.5 Å². The van der Waals surface area contributed by atoms with Crippen molar-refractivity contribution in [1.82, 2.24) is 20.2 Å². The molecule has 142 valence electrons. The number of rotatable bonds is 3. The van der Waals surface area contributed by atoms with E-state index in [1.807, 2.05) is 36.7 Å². The summed E-state index contributed by atoms with van der Waals surface area (Å²) in [4.78, 5) is 13.7. The Balaban J connectivity index is 1.41. The summed E-state index contributed by atoms with van der Waals surface area (Å²) in [7, 11) is 0. The first-order valence-electron chi connectivity index (χ1n) is 9.56. The van der Waals surface area contributed by atoms with Gasteiger partial charge >= 0.3 is 0 Å². The smallest absolute Gasteiger partial charge is 0.140 e. The Labute approximate surface area is 168 Å². The van der Waals surface area contributed by atoms with E-state index in [0.717, 1.165) is 59.7 Å². The fourth-order valence-electron chi connectivity index (χ4n) is 3.83. The van der Waals surface area contributed by atoms with Crippen LogP contribution in [0.3, 0.4) is 0 Å². The number of fused-ring (bicyclic) bond motifs is 1. The first-order valence-corrected chi connectivity index (χ1v) is 9.56. The summed E-state index contributed by atoms with van der Waals surface area (Å²) >= 11 is 0. The van der Waals surface area contributed by atoms with Crippen molar-refractivity contribution in [2.75, 3.05) is 36.0 Å². The Morgan fingerprint density at radius 3 is 2.59 bits per heavy atom. The maximum atomic E-state index is 9.15. The number of nitrogens with one attached hydrogen (secondary N) is 1. The summed E-state index contributed by atoms with van der Waals surface area (Å²) in [5.74, 6) is 0.964. The fraction of sp³-hybridized carbons (Fsp3) is 0.182. The van der Waals surface area contributed by atoms with Crippen LogP contribution in [-0.2, 0) is 0 Å². The van der Waals surface area contributed by atoms with Crippen LogP contribution in [-0.4, -0.2) is 46.3 Å². The van der Waals surface area contributed by atoms with Gasteiger partial charge in [0.2, 0.25) is 0 Å². The predicted molar refractivity (Wildman–Crippen MR) is 113 cm³/mol. The first-order chi connectivity index (χ1) is 14.3. The molecule has 7 nitrogen and oxygen atoms in total. The second-order valence-corrected chi connectivity index (χ2v) is 7.05. The normalized spacial score (nSPS) is 14.2.